The molecule has 0 atom stereocenters. The van der Waals surface area contributed by atoms with Gasteiger partial charge in [0.05, 0.1) is 5.69 Å². The third-order valence-electron chi connectivity index (χ3n) is 4.83. The van der Waals surface area contributed by atoms with Gasteiger partial charge < -0.3 is 20.1 Å². The van der Waals surface area contributed by atoms with E-state index in [1.807, 2.05) is 20.9 Å². The summed E-state index contributed by atoms with van der Waals surface area (Å²) in [5.74, 6) is 1.81. The van der Waals surface area contributed by atoms with Crippen LogP contribution in [-0.4, -0.2) is 55.3 Å². The first-order valence-electron chi connectivity index (χ1n) is 9.25. The Kier molecular flexibility index (Phi) is 7.56. The van der Waals surface area contributed by atoms with Crippen LogP contribution >= 0.6 is 0 Å². The molecule has 0 bridgehead atoms. The molecule has 0 aliphatic carbocycles. The van der Waals surface area contributed by atoms with E-state index >= 15 is 0 Å². The monoisotopic (exact) mass is 335 g/mol. The predicted octanol–water partition coefficient (Wildman–Crippen LogP) is 2.26. The number of aliphatic imine (C=N–C) groups is 1. The molecule has 0 unspecified atom stereocenters. The molecule has 6 nitrogen and oxygen atoms in total. The van der Waals surface area contributed by atoms with Crippen molar-refractivity contribution in [2.45, 2.75) is 58.9 Å². The molecule has 0 amide bonds. The molecule has 1 aromatic rings. The number of likely N-dealkylation sites (tertiary alicyclic amines) is 1. The molecule has 2 rings (SSSR count). The number of nitrogens with one attached hydrogen (secondary N) is 2. The van der Waals surface area contributed by atoms with Crippen molar-refractivity contribution in [2.75, 3.05) is 33.2 Å². The van der Waals surface area contributed by atoms with Gasteiger partial charge in [0.1, 0.15) is 5.76 Å². The fourth-order valence-corrected chi connectivity index (χ4v) is 3.24. The molecule has 1 fully saturated rings. The quantitative estimate of drug-likeness (QED) is 0.591. The van der Waals surface area contributed by atoms with Crippen LogP contribution in [0.3, 0.4) is 0 Å². The van der Waals surface area contributed by atoms with E-state index in [9.17, 15) is 0 Å². The van der Waals surface area contributed by atoms with Crippen LogP contribution in [-0.2, 0) is 6.42 Å². The molecule has 6 heteroatoms. The molecule has 136 valence electrons. The van der Waals surface area contributed by atoms with Crippen molar-refractivity contribution >= 4 is 5.96 Å². The Balaban J connectivity index is 1.69. The Hall–Kier alpha value is -1.56. The lowest BCUT2D eigenvalue weighted by molar-refractivity contribution is 0.203. The first-order valence-corrected chi connectivity index (χ1v) is 9.25. The average Bonchev–Trinajstić information content (AvgIpc) is 2.92. The number of guanidine groups is 1. The minimum absolute atomic E-state index is 0.521. The molecule has 0 spiro atoms. The first-order chi connectivity index (χ1) is 11.6. The van der Waals surface area contributed by atoms with Crippen LogP contribution in [0.1, 0.15) is 49.6 Å². The van der Waals surface area contributed by atoms with E-state index in [-0.39, 0.29) is 0 Å². The standard InChI is InChI=1S/C18H33N5O/c1-5-6-11-23-12-8-16(9-13-23)21-18(19-4)20-10-7-17-14(2)22-24-15(17)3/h16H,5-13H2,1-4H3,(H2,19,20,21). The maximum Gasteiger partial charge on any atom is 0.191 e. The Morgan fingerprint density at radius 2 is 2.08 bits per heavy atom. The van der Waals surface area contributed by atoms with Crippen LogP contribution in [0.5, 0.6) is 0 Å². The van der Waals surface area contributed by atoms with Crippen LogP contribution in [0.25, 0.3) is 0 Å². The van der Waals surface area contributed by atoms with Crippen molar-refractivity contribution in [3.05, 3.63) is 17.0 Å². The molecule has 1 aromatic heterocycles. The lowest BCUT2D eigenvalue weighted by Gasteiger charge is -2.33. The van der Waals surface area contributed by atoms with Gasteiger partial charge in [-0.25, -0.2) is 0 Å². The first kappa shape index (κ1) is 18.8. The lowest BCUT2D eigenvalue weighted by atomic mass is 10.0. The van der Waals surface area contributed by atoms with Gasteiger partial charge >= 0.3 is 0 Å². The van der Waals surface area contributed by atoms with E-state index < -0.39 is 0 Å². The van der Waals surface area contributed by atoms with E-state index in [1.165, 1.54) is 50.9 Å². The topological polar surface area (TPSA) is 65.7 Å². The van der Waals surface area contributed by atoms with Crippen LogP contribution in [0.2, 0.25) is 0 Å². The van der Waals surface area contributed by atoms with Gasteiger partial charge in [-0.1, -0.05) is 18.5 Å². The zero-order valence-corrected chi connectivity index (χ0v) is 15.7. The summed E-state index contributed by atoms with van der Waals surface area (Å²) in [6, 6.07) is 0.521. The number of nitrogens with zero attached hydrogens (tertiary/aromatic N) is 3. The number of aryl methyl sites for hydroxylation is 2. The van der Waals surface area contributed by atoms with Crippen LogP contribution < -0.4 is 10.6 Å². The molecule has 0 aromatic carbocycles. The second kappa shape index (κ2) is 9.67. The highest BCUT2D eigenvalue weighted by molar-refractivity contribution is 5.79. The third-order valence-corrected chi connectivity index (χ3v) is 4.83. The molecule has 2 N–H and O–H groups in total. The van der Waals surface area contributed by atoms with Gasteiger partial charge in [-0.2, -0.15) is 0 Å². The summed E-state index contributed by atoms with van der Waals surface area (Å²) in [6.07, 6.45) is 5.86. The maximum atomic E-state index is 5.21. The second-order valence-electron chi connectivity index (χ2n) is 6.67. The normalized spacial score (nSPS) is 17.2. The fourth-order valence-electron chi connectivity index (χ4n) is 3.24. The highest BCUT2D eigenvalue weighted by Crippen LogP contribution is 2.13. The van der Waals surface area contributed by atoms with Gasteiger partial charge in [0.25, 0.3) is 0 Å². The van der Waals surface area contributed by atoms with E-state index in [4.69, 9.17) is 4.52 Å². The van der Waals surface area contributed by atoms with Gasteiger partial charge in [-0.15, -0.1) is 0 Å². The molecule has 1 aliphatic rings. The summed E-state index contributed by atoms with van der Waals surface area (Å²) in [6.45, 7) is 10.7. The molecule has 0 saturated carbocycles. The van der Waals surface area contributed by atoms with E-state index in [0.29, 0.717) is 6.04 Å². The maximum absolute atomic E-state index is 5.21. The van der Waals surface area contributed by atoms with E-state index in [1.54, 1.807) is 0 Å². The van der Waals surface area contributed by atoms with Crippen molar-refractivity contribution in [2.24, 2.45) is 4.99 Å². The van der Waals surface area contributed by atoms with E-state index in [0.717, 1.165) is 30.4 Å². The Bertz CT molecular complexity index is 498. The van der Waals surface area contributed by atoms with Crippen molar-refractivity contribution in [3.8, 4) is 0 Å². The largest absolute Gasteiger partial charge is 0.361 e. The summed E-state index contributed by atoms with van der Waals surface area (Å²) < 4.78 is 5.21. The average molecular weight is 335 g/mol. The van der Waals surface area contributed by atoms with E-state index in [2.05, 4.69) is 32.6 Å². The van der Waals surface area contributed by atoms with Crippen molar-refractivity contribution < 1.29 is 4.52 Å². The highest BCUT2D eigenvalue weighted by atomic mass is 16.5. The van der Waals surface area contributed by atoms with Crippen molar-refractivity contribution in [3.63, 3.8) is 0 Å². The Morgan fingerprint density at radius 3 is 2.67 bits per heavy atom. The molecule has 0 radical (unpaired) electrons. The number of unbranched alkanes of at least 4 members (excludes halogenated alkanes) is 1. The second-order valence-corrected chi connectivity index (χ2v) is 6.67. The zero-order chi connectivity index (χ0) is 17.4. The molecular formula is C18H33N5O. The van der Waals surface area contributed by atoms with Gasteiger partial charge in [0, 0.05) is 38.3 Å². The summed E-state index contributed by atoms with van der Waals surface area (Å²) in [4.78, 5) is 6.93. The number of aromatic nitrogens is 1. The number of rotatable bonds is 7. The van der Waals surface area contributed by atoms with Gasteiger partial charge in [0.2, 0.25) is 0 Å². The van der Waals surface area contributed by atoms with Crippen molar-refractivity contribution in [1.82, 2.24) is 20.7 Å². The van der Waals surface area contributed by atoms with Gasteiger partial charge in [0.15, 0.2) is 5.96 Å². The Morgan fingerprint density at radius 1 is 1.33 bits per heavy atom. The summed E-state index contributed by atoms with van der Waals surface area (Å²) in [5, 5.41) is 11.0. The summed E-state index contributed by atoms with van der Waals surface area (Å²) >= 11 is 0. The SMILES string of the molecule is CCCCN1CCC(NC(=NC)NCCc2c(C)noc2C)CC1. The number of hydrogen-bond donors (Lipinski definition) is 2. The van der Waals surface area contributed by atoms with Crippen LogP contribution in [0, 0.1) is 13.8 Å². The van der Waals surface area contributed by atoms with Gasteiger partial charge in [-0.3, -0.25) is 4.99 Å². The minimum Gasteiger partial charge on any atom is -0.361 e. The number of hydrogen-bond acceptors (Lipinski definition) is 4. The summed E-state index contributed by atoms with van der Waals surface area (Å²) in [7, 11) is 1.83. The predicted molar refractivity (Wildman–Crippen MR) is 98.5 cm³/mol. The lowest BCUT2D eigenvalue weighted by Crippen LogP contribution is -2.49. The third kappa shape index (κ3) is 5.51. The molecule has 24 heavy (non-hydrogen) atoms. The molecule has 2 heterocycles. The minimum atomic E-state index is 0.521. The highest BCUT2D eigenvalue weighted by Gasteiger charge is 2.19. The van der Waals surface area contributed by atoms with Crippen LogP contribution in [0.15, 0.2) is 9.52 Å². The molecule has 1 aliphatic heterocycles. The summed E-state index contributed by atoms with van der Waals surface area (Å²) in [5.41, 5.74) is 2.18. The molecular weight excluding hydrogens is 302 g/mol. The molecule has 1 saturated heterocycles. The number of piperidine rings is 1. The zero-order valence-electron chi connectivity index (χ0n) is 15.7. The Labute approximate surface area is 146 Å². The van der Waals surface area contributed by atoms with Crippen molar-refractivity contribution in [1.29, 1.82) is 0 Å². The van der Waals surface area contributed by atoms with Crippen LogP contribution in [0.4, 0.5) is 0 Å². The smallest absolute Gasteiger partial charge is 0.191 e. The fraction of sp³-hybridized carbons (Fsp3) is 0.778. The van der Waals surface area contributed by atoms with Gasteiger partial charge in [-0.05, 0) is 46.1 Å².